The van der Waals surface area contributed by atoms with Crippen LogP contribution in [0.5, 0.6) is 0 Å². The second kappa shape index (κ2) is 13.7. The van der Waals surface area contributed by atoms with Gasteiger partial charge in [0.25, 0.3) is 0 Å². The highest BCUT2D eigenvalue weighted by Crippen LogP contribution is 2.11. The summed E-state index contributed by atoms with van der Waals surface area (Å²) in [6.45, 7) is 5.38. The molecule has 0 aromatic rings. The van der Waals surface area contributed by atoms with Crippen LogP contribution in [0.15, 0.2) is 0 Å². The summed E-state index contributed by atoms with van der Waals surface area (Å²) in [7, 11) is 0. The first-order valence-electron chi connectivity index (χ1n) is 7.68. The van der Waals surface area contributed by atoms with Crippen molar-refractivity contribution in [1.82, 2.24) is 0 Å². The number of ether oxygens (including phenoxy) is 2. The van der Waals surface area contributed by atoms with Gasteiger partial charge in [0.15, 0.2) is 0 Å². The van der Waals surface area contributed by atoms with E-state index in [4.69, 9.17) is 14.6 Å². The molecule has 0 fully saturated rings. The molecule has 19 heavy (non-hydrogen) atoms. The van der Waals surface area contributed by atoms with Crippen LogP contribution in [-0.2, 0) is 9.47 Å². The van der Waals surface area contributed by atoms with Gasteiger partial charge in [-0.25, -0.2) is 4.79 Å². The molecule has 0 aliphatic heterocycles. The van der Waals surface area contributed by atoms with Gasteiger partial charge >= 0.3 is 6.16 Å². The van der Waals surface area contributed by atoms with Crippen LogP contribution < -0.4 is 0 Å². The molecule has 0 bridgehead atoms. The number of hydrogen-bond acceptors (Lipinski definition) is 3. The standard InChI is InChI=1S/C15H30O4/c1-3-5-7-8-9-10-11-14(19-15(16)17)13-18-12-6-4-2/h14H,3-13H2,1-2H3,(H,16,17). The normalized spacial score (nSPS) is 12.3. The third-order valence-corrected chi connectivity index (χ3v) is 3.09. The van der Waals surface area contributed by atoms with Gasteiger partial charge in [-0.2, -0.15) is 0 Å². The number of unbranched alkanes of at least 4 members (excludes halogenated alkanes) is 6. The van der Waals surface area contributed by atoms with Crippen LogP contribution in [0.4, 0.5) is 4.79 Å². The molecule has 0 aromatic heterocycles. The quantitative estimate of drug-likeness (QED) is 0.393. The lowest BCUT2D eigenvalue weighted by Crippen LogP contribution is -2.23. The molecule has 1 N–H and O–H groups in total. The zero-order valence-corrected chi connectivity index (χ0v) is 12.5. The zero-order chi connectivity index (χ0) is 14.3. The van der Waals surface area contributed by atoms with E-state index in [0.29, 0.717) is 13.2 Å². The molecular weight excluding hydrogens is 244 g/mol. The Labute approximate surface area is 117 Å². The Morgan fingerprint density at radius 1 is 1.00 bits per heavy atom. The van der Waals surface area contributed by atoms with E-state index >= 15 is 0 Å². The maximum atomic E-state index is 10.6. The van der Waals surface area contributed by atoms with Crippen molar-refractivity contribution in [2.75, 3.05) is 13.2 Å². The van der Waals surface area contributed by atoms with Crippen molar-refractivity contribution >= 4 is 6.16 Å². The maximum absolute atomic E-state index is 10.6. The first kappa shape index (κ1) is 18.2. The fourth-order valence-corrected chi connectivity index (χ4v) is 1.93. The highest BCUT2D eigenvalue weighted by Gasteiger charge is 2.13. The molecular formula is C15H30O4. The summed E-state index contributed by atoms with van der Waals surface area (Å²) in [5, 5.41) is 8.68. The molecule has 0 rings (SSSR count). The van der Waals surface area contributed by atoms with E-state index in [9.17, 15) is 4.79 Å². The molecule has 0 heterocycles. The molecule has 0 spiro atoms. The van der Waals surface area contributed by atoms with Crippen LogP contribution in [0.2, 0.25) is 0 Å². The van der Waals surface area contributed by atoms with Crippen molar-refractivity contribution in [2.24, 2.45) is 0 Å². The average molecular weight is 274 g/mol. The van der Waals surface area contributed by atoms with Gasteiger partial charge in [0.05, 0.1) is 6.61 Å². The fraction of sp³-hybridized carbons (Fsp3) is 0.933. The zero-order valence-electron chi connectivity index (χ0n) is 12.5. The molecule has 0 aliphatic carbocycles. The SMILES string of the molecule is CCCCCCCCC(COCCCC)OC(=O)O. The lowest BCUT2D eigenvalue weighted by molar-refractivity contribution is -0.00654. The minimum Gasteiger partial charge on any atom is -0.450 e. The van der Waals surface area contributed by atoms with Gasteiger partial charge in [-0.1, -0.05) is 52.4 Å². The van der Waals surface area contributed by atoms with E-state index < -0.39 is 6.16 Å². The van der Waals surface area contributed by atoms with Crippen molar-refractivity contribution in [1.29, 1.82) is 0 Å². The third kappa shape index (κ3) is 13.5. The van der Waals surface area contributed by atoms with E-state index in [2.05, 4.69) is 13.8 Å². The summed E-state index contributed by atoms with van der Waals surface area (Å²) >= 11 is 0. The molecule has 4 heteroatoms. The van der Waals surface area contributed by atoms with Crippen LogP contribution in [0.3, 0.4) is 0 Å². The molecule has 4 nitrogen and oxygen atoms in total. The van der Waals surface area contributed by atoms with Gasteiger partial charge in [-0.3, -0.25) is 0 Å². The second-order valence-electron chi connectivity index (χ2n) is 4.99. The van der Waals surface area contributed by atoms with E-state index in [0.717, 1.165) is 32.1 Å². The molecule has 0 saturated heterocycles. The molecule has 0 saturated carbocycles. The smallest absolute Gasteiger partial charge is 0.450 e. The molecule has 1 unspecified atom stereocenters. The van der Waals surface area contributed by atoms with Gasteiger partial charge in [0, 0.05) is 6.61 Å². The number of carbonyl (C=O) groups is 1. The lowest BCUT2D eigenvalue weighted by Gasteiger charge is -2.16. The van der Waals surface area contributed by atoms with E-state index in [1.54, 1.807) is 0 Å². The lowest BCUT2D eigenvalue weighted by atomic mass is 10.1. The number of carboxylic acid groups (broad SMARTS) is 1. The predicted octanol–water partition coefficient (Wildman–Crippen LogP) is 4.62. The summed E-state index contributed by atoms with van der Waals surface area (Å²) in [6.07, 6.45) is 8.55. The second-order valence-corrected chi connectivity index (χ2v) is 4.99. The Kier molecular flexibility index (Phi) is 13.1. The molecule has 0 aromatic carbocycles. The summed E-state index contributed by atoms with van der Waals surface area (Å²) in [4.78, 5) is 10.6. The molecule has 0 amide bonds. The monoisotopic (exact) mass is 274 g/mol. The fourth-order valence-electron chi connectivity index (χ4n) is 1.93. The predicted molar refractivity (Wildman–Crippen MR) is 76.6 cm³/mol. The Morgan fingerprint density at radius 2 is 1.63 bits per heavy atom. The third-order valence-electron chi connectivity index (χ3n) is 3.09. The van der Waals surface area contributed by atoms with Gasteiger partial charge in [0.1, 0.15) is 6.10 Å². The van der Waals surface area contributed by atoms with Crippen LogP contribution in [0.1, 0.15) is 71.6 Å². The number of rotatable bonds is 13. The highest BCUT2D eigenvalue weighted by atomic mass is 16.7. The Hall–Kier alpha value is -0.770. The van der Waals surface area contributed by atoms with Gasteiger partial charge in [0.2, 0.25) is 0 Å². The first-order valence-corrected chi connectivity index (χ1v) is 7.68. The van der Waals surface area contributed by atoms with Crippen molar-refractivity contribution in [3.63, 3.8) is 0 Å². The van der Waals surface area contributed by atoms with Crippen LogP contribution in [-0.4, -0.2) is 30.6 Å². The summed E-state index contributed by atoms with van der Waals surface area (Å²) < 4.78 is 10.3. The van der Waals surface area contributed by atoms with Crippen molar-refractivity contribution in [2.45, 2.75) is 77.7 Å². The first-order chi connectivity index (χ1) is 9.20. The molecule has 1 atom stereocenters. The number of hydrogen-bond donors (Lipinski definition) is 1. The van der Waals surface area contributed by atoms with Gasteiger partial charge in [-0.05, 0) is 19.3 Å². The Bertz CT molecular complexity index is 206. The summed E-state index contributed by atoms with van der Waals surface area (Å²) in [6, 6.07) is 0. The maximum Gasteiger partial charge on any atom is 0.506 e. The Morgan fingerprint density at radius 3 is 2.26 bits per heavy atom. The molecule has 0 aliphatic rings. The topological polar surface area (TPSA) is 55.8 Å². The van der Waals surface area contributed by atoms with Crippen LogP contribution in [0.25, 0.3) is 0 Å². The van der Waals surface area contributed by atoms with Crippen molar-refractivity contribution in [3.8, 4) is 0 Å². The van der Waals surface area contributed by atoms with Crippen molar-refractivity contribution in [3.05, 3.63) is 0 Å². The van der Waals surface area contributed by atoms with Crippen molar-refractivity contribution < 1.29 is 19.4 Å². The van der Waals surface area contributed by atoms with E-state index in [-0.39, 0.29) is 6.10 Å². The Balaban J connectivity index is 3.64. The van der Waals surface area contributed by atoms with Gasteiger partial charge < -0.3 is 14.6 Å². The van der Waals surface area contributed by atoms with Crippen LogP contribution in [0, 0.1) is 0 Å². The largest absolute Gasteiger partial charge is 0.506 e. The average Bonchev–Trinajstić information content (AvgIpc) is 2.37. The molecule has 0 radical (unpaired) electrons. The highest BCUT2D eigenvalue weighted by molar-refractivity contribution is 5.57. The van der Waals surface area contributed by atoms with Crippen LogP contribution >= 0.6 is 0 Å². The minimum atomic E-state index is -1.20. The minimum absolute atomic E-state index is 0.305. The van der Waals surface area contributed by atoms with Gasteiger partial charge in [-0.15, -0.1) is 0 Å². The van der Waals surface area contributed by atoms with E-state index in [1.165, 1.54) is 25.7 Å². The van der Waals surface area contributed by atoms with E-state index in [1.807, 2.05) is 0 Å². The molecule has 114 valence electrons. The summed E-state index contributed by atoms with van der Waals surface area (Å²) in [5.41, 5.74) is 0. The summed E-state index contributed by atoms with van der Waals surface area (Å²) in [5.74, 6) is 0.